The van der Waals surface area contributed by atoms with Crippen molar-refractivity contribution in [3.63, 3.8) is 0 Å². The SMILES string of the molecule is O=P(Oc1ccccc1)(Oc1ccccc1)c1ccccn1.O=P(Oc1ccccc1)(Oc1ccccc1)c1nc(Cl)c(Cl)c(Cl)c1Cl.[Pd].[Pd].[Pd]. The molecule has 51 heavy (non-hydrogen) atoms. The van der Waals surface area contributed by atoms with E-state index in [1.165, 1.54) is 0 Å². The molecule has 6 rings (SSSR count). The van der Waals surface area contributed by atoms with Gasteiger partial charge in [-0.1, -0.05) is 125 Å². The van der Waals surface area contributed by atoms with Crippen LogP contribution in [0.4, 0.5) is 0 Å². The number of aromatic nitrogens is 2. The molecule has 0 saturated carbocycles. The van der Waals surface area contributed by atoms with Crippen molar-refractivity contribution < 1.29 is 88.5 Å². The van der Waals surface area contributed by atoms with Crippen LogP contribution in [-0.4, -0.2) is 9.97 Å². The standard InChI is InChI=1S/C17H10Cl4NO3P.C17H14NO3P.3Pd/c18-13-14(19)16(21)22-17(15(13)20)26(23,24-11-7-3-1-4-8-11)25-12-9-5-2-6-10-12;19-22(17-13-7-8-14-18-17,20-15-9-3-1-4-10-15)21-16-11-5-2-6-12-16;;;/h1-10H;1-14H;;;. The Kier molecular flexibility index (Phi) is 19.1. The molecule has 0 unspecified atom stereocenters. The number of pyridine rings is 2. The molecule has 0 atom stereocenters. The largest absolute Gasteiger partial charge is 0.482 e. The van der Waals surface area contributed by atoms with Crippen molar-refractivity contribution in [3.05, 3.63) is 166 Å². The molecule has 8 nitrogen and oxygen atoms in total. The zero-order valence-electron chi connectivity index (χ0n) is 25.6. The summed E-state index contributed by atoms with van der Waals surface area (Å²) >= 11 is 24.2. The summed E-state index contributed by atoms with van der Waals surface area (Å²) in [6.45, 7) is 0. The number of benzene rings is 4. The summed E-state index contributed by atoms with van der Waals surface area (Å²) in [4.78, 5) is 8.13. The quantitative estimate of drug-likeness (QED) is 0.0760. The molecule has 2 heterocycles. The molecule has 6 aromatic rings. The number of rotatable bonds is 10. The van der Waals surface area contributed by atoms with E-state index in [-0.39, 0.29) is 92.4 Å². The fourth-order valence-electron chi connectivity index (χ4n) is 3.87. The molecule has 0 aliphatic carbocycles. The van der Waals surface area contributed by atoms with Crippen molar-refractivity contribution in [2.45, 2.75) is 0 Å². The van der Waals surface area contributed by atoms with E-state index in [0.29, 0.717) is 23.0 Å². The van der Waals surface area contributed by atoms with Crippen molar-refractivity contribution in [3.8, 4) is 23.0 Å². The first-order valence-corrected chi connectivity index (χ1v) is 18.6. The molecular weight excluding hydrogens is 1060 g/mol. The minimum absolute atomic E-state index is 0. The first kappa shape index (κ1) is 45.1. The Labute approximate surface area is 356 Å². The first-order chi connectivity index (χ1) is 23.2. The molecule has 17 heteroatoms. The fraction of sp³-hybridized carbons (Fsp3) is 0. The van der Waals surface area contributed by atoms with Gasteiger partial charge in [-0.25, -0.2) is 19.1 Å². The van der Waals surface area contributed by atoms with E-state index in [1.54, 1.807) is 134 Å². The minimum Gasteiger partial charge on any atom is -0.412 e. The molecule has 4 aromatic carbocycles. The average molecular weight is 1080 g/mol. The van der Waals surface area contributed by atoms with Crippen molar-refractivity contribution >= 4 is 72.5 Å². The van der Waals surface area contributed by atoms with Gasteiger partial charge in [0.05, 0.1) is 15.1 Å². The molecule has 0 aliphatic rings. The third kappa shape index (κ3) is 12.5. The summed E-state index contributed by atoms with van der Waals surface area (Å²) in [7, 11) is -7.72. The van der Waals surface area contributed by atoms with Crippen molar-refractivity contribution in [1.29, 1.82) is 0 Å². The fourth-order valence-corrected chi connectivity index (χ4v) is 8.12. The Morgan fingerprint density at radius 2 is 0.784 bits per heavy atom. The van der Waals surface area contributed by atoms with Gasteiger partial charge in [0.25, 0.3) is 0 Å². The van der Waals surface area contributed by atoms with Gasteiger partial charge in [0, 0.05) is 67.5 Å². The van der Waals surface area contributed by atoms with Gasteiger partial charge in [0.15, 0.2) is 10.9 Å². The zero-order valence-corrected chi connectivity index (χ0v) is 35.0. The molecule has 0 saturated heterocycles. The van der Waals surface area contributed by atoms with E-state index >= 15 is 0 Å². The summed E-state index contributed by atoms with van der Waals surface area (Å²) in [6.07, 6.45) is 1.56. The Morgan fingerprint density at radius 1 is 0.431 bits per heavy atom. The molecule has 0 bridgehead atoms. The Hall–Kier alpha value is -2.01. The van der Waals surface area contributed by atoms with Crippen LogP contribution in [0.5, 0.6) is 23.0 Å². The smallest absolute Gasteiger partial charge is 0.412 e. The van der Waals surface area contributed by atoms with Crippen LogP contribution in [0.15, 0.2) is 146 Å². The molecule has 0 spiro atoms. The van der Waals surface area contributed by atoms with Crippen LogP contribution in [0.2, 0.25) is 20.2 Å². The molecule has 0 radical (unpaired) electrons. The summed E-state index contributed by atoms with van der Waals surface area (Å²) in [5.41, 5.74) is 0.0361. The zero-order chi connectivity index (χ0) is 34.0. The third-order valence-electron chi connectivity index (χ3n) is 6.03. The topological polar surface area (TPSA) is 96.8 Å². The predicted octanol–water partition coefficient (Wildman–Crippen LogP) is 10.7. The number of halogens is 4. The van der Waals surface area contributed by atoms with E-state index in [2.05, 4.69) is 9.97 Å². The number of para-hydroxylation sites is 4. The Bertz CT molecular complexity index is 1960. The maximum Gasteiger partial charge on any atom is 0.482 e. The van der Waals surface area contributed by atoms with Gasteiger partial charge in [0.1, 0.15) is 28.2 Å². The summed E-state index contributed by atoms with van der Waals surface area (Å²) in [6, 6.07) is 39.9. The number of hydrogen-bond acceptors (Lipinski definition) is 8. The maximum absolute atomic E-state index is 13.6. The van der Waals surface area contributed by atoms with Gasteiger partial charge >= 0.3 is 15.2 Å². The van der Waals surface area contributed by atoms with Crippen LogP contribution in [0, 0.1) is 0 Å². The van der Waals surface area contributed by atoms with Gasteiger partial charge in [-0.2, -0.15) is 0 Å². The second kappa shape index (κ2) is 21.6. The van der Waals surface area contributed by atoms with Crippen molar-refractivity contribution in [2.75, 3.05) is 0 Å². The molecular formula is C34H24Cl4N2O6P2Pd3. The van der Waals surface area contributed by atoms with Crippen LogP contribution in [-0.2, 0) is 70.4 Å². The van der Waals surface area contributed by atoms with Crippen LogP contribution in [0.25, 0.3) is 0 Å². The van der Waals surface area contributed by atoms with E-state index in [0.717, 1.165) is 0 Å². The van der Waals surface area contributed by atoms with Gasteiger partial charge < -0.3 is 18.1 Å². The first-order valence-electron chi connectivity index (χ1n) is 14.0. The second-order valence-corrected chi connectivity index (χ2v) is 14.6. The number of nitrogens with zero attached hydrogens (tertiary/aromatic N) is 2. The summed E-state index contributed by atoms with van der Waals surface area (Å²) < 4.78 is 49.5. The van der Waals surface area contributed by atoms with Crippen LogP contribution < -0.4 is 29.0 Å². The van der Waals surface area contributed by atoms with E-state index in [9.17, 15) is 9.13 Å². The maximum atomic E-state index is 13.6. The van der Waals surface area contributed by atoms with Gasteiger partial charge in [-0.3, -0.25) is 0 Å². The summed E-state index contributed by atoms with van der Waals surface area (Å²) in [5, 5.41) is -0.453. The van der Waals surface area contributed by atoms with Gasteiger partial charge in [0.2, 0.25) is 0 Å². The average Bonchev–Trinajstić information content (AvgIpc) is 3.11. The third-order valence-corrected chi connectivity index (χ3v) is 11.3. The van der Waals surface area contributed by atoms with Crippen molar-refractivity contribution in [2.24, 2.45) is 0 Å². The molecule has 0 amide bonds. The molecule has 0 fully saturated rings. The molecule has 0 N–H and O–H groups in total. The van der Waals surface area contributed by atoms with E-state index < -0.39 is 15.2 Å². The van der Waals surface area contributed by atoms with Gasteiger partial charge in [-0.05, 0) is 60.7 Å². The van der Waals surface area contributed by atoms with Gasteiger partial charge in [-0.15, -0.1) is 0 Å². The second-order valence-electron chi connectivity index (χ2n) is 9.47. The molecule has 0 aliphatic heterocycles. The summed E-state index contributed by atoms with van der Waals surface area (Å²) in [5.74, 6) is 1.53. The van der Waals surface area contributed by atoms with Crippen LogP contribution in [0.1, 0.15) is 0 Å². The molecule has 2 aromatic heterocycles. The van der Waals surface area contributed by atoms with E-state index in [1.807, 2.05) is 12.1 Å². The van der Waals surface area contributed by atoms with Crippen molar-refractivity contribution in [1.82, 2.24) is 9.97 Å². The van der Waals surface area contributed by atoms with Crippen LogP contribution >= 0.6 is 61.6 Å². The van der Waals surface area contributed by atoms with E-state index in [4.69, 9.17) is 64.5 Å². The minimum atomic E-state index is -4.10. The number of hydrogen-bond donors (Lipinski definition) is 0. The monoisotopic (exact) mass is 1080 g/mol. The van der Waals surface area contributed by atoms with Crippen LogP contribution in [0.3, 0.4) is 0 Å². The normalized spacial score (nSPS) is 10.4. The Balaban J connectivity index is 0.000000338. The molecule has 274 valence electrons. The predicted molar refractivity (Wildman–Crippen MR) is 191 cm³/mol. The Morgan fingerprint density at radius 3 is 1.14 bits per heavy atom.